The number of hydrogen-bond acceptors (Lipinski definition) is 7. The van der Waals surface area contributed by atoms with Crippen molar-refractivity contribution >= 4 is 46.2 Å². The predicted octanol–water partition coefficient (Wildman–Crippen LogP) is 3.65. The number of benzene rings is 3. The van der Waals surface area contributed by atoms with Gasteiger partial charge in [-0.3, -0.25) is 24.0 Å². The lowest BCUT2D eigenvalue weighted by Crippen LogP contribution is -2.57. The van der Waals surface area contributed by atoms with Crippen molar-refractivity contribution in [3.63, 3.8) is 0 Å². The second-order valence-electron chi connectivity index (χ2n) is 12.0. The Morgan fingerprint density at radius 1 is 0.915 bits per heavy atom. The largest absolute Gasteiger partial charge is 0.481 e. The van der Waals surface area contributed by atoms with E-state index in [1.807, 2.05) is 42.5 Å². The van der Waals surface area contributed by atoms with Gasteiger partial charge in [-0.1, -0.05) is 60.7 Å². The molecule has 5 rings (SSSR count). The molecule has 0 aliphatic carbocycles. The third-order valence-corrected chi connectivity index (χ3v) is 8.74. The molecule has 1 saturated heterocycles. The first kappa shape index (κ1) is 33.1. The summed E-state index contributed by atoms with van der Waals surface area (Å²) in [6.07, 6.45) is 4.55. The van der Waals surface area contributed by atoms with E-state index in [1.165, 1.54) is 4.90 Å². The molecule has 3 aromatic rings. The van der Waals surface area contributed by atoms with E-state index in [1.54, 1.807) is 44.2 Å². The van der Waals surface area contributed by atoms with Crippen LogP contribution < -0.4 is 10.6 Å². The molecule has 47 heavy (non-hydrogen) atoms. The minimum absolute atomic E-state index is 0.224. The zero-order valence-corrected chi connectivity index (χ0v) is 26.2. The Bertz CT molecular complexity index is 1750. The van der Waals surface area contributed by atoms with E-state index in [0.29, 0.717) is 35.1 Å². The van der Waals surface area contributed by atoms with Crippen molar-refractivity contribution in [1.29, 1.82) is 0 Å². The summed E-state index contributed by atoms with van der Waals surface area (Å²) in [6.45, 7) is 2.72. The molecule has 0 saturated carbocycles. The molecule has 2 aliphatic heterocycles. The molecule has 0 bridgehead atoms. The standard InChI is InChI=1S/C36H37N3O8/c1-21-8-7-9-22(2)32(21)36(46)47-20-30(40)28(19-31(41)42)38-34(44)29-17-16-26-12-5-6-13-27(35(45)39(26)29)37-33(43)25-15-14-23-10-3-4-11-24(23)18-25/h3-11,14-15,18,26-29H,12-13,16-17,19-20H2,1-2H3,(H,37,43)(H,38,44)(H,41,42)/b6-5-. The minimum atomic E-state index is -1.49. The van der Waals surface area contributed by atoms with Crippen LogP contribution in [0.15, 0.2) is 72.8 Å². The molecule has 11 heteroatoms. The highest BCUT2D eigenvalue weighted by atomic mass is 16.5. The Morgan fingerprint density at radius 3 is 2.34 bits per heavy atom. The Hall–Kier alpha value is -5.32. The third kappa shape index (κ3) is 7.57. The molecule has 2 heterocycles. The van der Waals surface area contributed by atoms with Crippen molar-refractivity contribution in [1.82, 2.24) is 15.5 Å². The van der Waals surface area contributed by atoms with E-state index in [2.05, 4.69) is 10.6 Å². The van der Waals surface area contributed by atoms with Crippen LogP contribution in [0.4, 0.5) is 0 Å². The van der Waals surface area contributed by atoms with Crippen LogP contribution in [0.5, 0.6) is 0 Å². The number of aliphatic carboxylic acids is 1. The molecule has 244 valence electrons. The van der Waals surface area contributed by atoms with Crippen LogP contribution in [-0.2, 0) is 23.9 Å². The van der Waals surface area contributed by atoms with Gasteiger partial charge in [0.05, 0.1) is 12.0 Å². The number of carboxylic acid groups (broad SMARTS) is 1. The summed E-state index contributed by atoms with van der Waals surface area (Å²) < 4.78 is 5.22. The molecule has 3 N–H and O–H groups in total. The number of carbonyl (C=O) groups is 6. The molecule has 2 aliphatic rings. The lowest BCUT2D eigenvalue weighted by molar-refractivity contribution is -0.144. The summed E-state index contributed by atoms with van der Waals surface area (Å²) in [5.74, 6) is -4.41. The highest BCUT2D eigenvalue weighted by Gasteiger charge is 2.44. The molecule has 11 nitrogen and oxygen atoms in total. The summed E-state index contributed by atoms with van der Waals surface area (Å²) in [6, 6.07) is 14.4. The number of aryl methyl sites for hydroxylation is 2. The number of nitrogens with zero attached hydrogens (tertiary/aromatic N) is 1. The number of hydrogen-bond donors (Lipinski definition) is 3. The molecular formula is C36H37N3O8. The van der Waals surface area contributed by atoms with Crippen molar-refractivity contribution in [3.8, 4) is 0 Å². The lowest BCUT2D eigenvalue weighted by Gasteiger charge is -2.34. The fourth-order valence-corrected chi connectivity index (χ4v) is 6.30. The van der Waals surface area contributed by atoms with Crippen LogP contribution in [-0.4, -0.2) is 76.2 Å². The number of ether oxygens (including phenoxy) is 1. The fourth-order valence-electron chi connectivity index (χ4n) is 6.30. The maximum atomic E-state index is 13.9. The van der Waals surface area contributed by atoms with Gasteiger partial charge in [-0.2, -0.15) is 0 Å². The normalized spacial score (nSPS) is 20.3. The van der Waals surface area contributed by atoms with Gasteiger partial charge in [0.2, 0.25) is 11.8 Å². The number of esters is 1. The second-order valence-corrected chi connectivity index (χ2v) is 12.0. The van der Waals surface area contributed by atoms with Gasteiger partial charge in [-0.25, -0.2) is 4.79 Å². The first-order valence-electron chi connectivity index (χ1n) is 15.6. The lowest BCUT2D eigenvalue weighted by atomic mass is 10.0. The zero-order valence-electron chi connectivity index (χ0n) is 26.2. The summed E-state index contributed by atoms with van der Waals surface area (Å²) in [5, 5.41) is 16.7. The molecule has 4 unspecified atom stereocenters. The summed E-state index contributed by atoms with van der Waals surface area (Å²) >= 11 is 0. The van der Waals surface area contributed by atoms with Gasteiger partial charge in [0.1, 0.15) is 18.1 Å². The van der Waals surface area contributed by atoms with E-state index >= 15 is 0 Å². The highest BCUT2D eigenvalue weighted by molar-refractivity contribution is 6.02. The van der Waals surface area contributed by atoms with Crippen LogP contribution in [0.2, 0.25) is 0 Å². The van der Waals surface area contributed by atoms with E-state index < -0.39 is 66.6 Å². The minimum Gasteiger partial charge on any atom is -0.481 e. The van der Waals surface area contributed by atoms with E-state index in [9.17, 15) is 33.9 Å². The smallest absolute Gasteiger partial charge is 0.339 e. The molecule has 4 atom stereocenters. The van der Waals surface area contributed by atoms with Crippen molar-refractivity contribution in [2.75, 3.05) is 6.61 Å². The molecule has 1 fully saturated rings. The SMILES string of the molecule is Cc1cccc(C)c1C(=O)OCC(=O)C(CC(=O)O)NC(=O)C1CCC2C/C=C\CC(NC(=O)c3ccc4ccccc4c3)C(=O)N21. The Morgan fingerprint density at radius 2 is 1.62 bits per heavy atom. The van der Waals surface area contributed by atoms with Gasteiger partial charge in [-0.05, 0) is 73.6 Å². The van der Waals surface area contributed by atoms with Crippen molar-refractivity contribution < 1.29 is 38.6 Å². The van der Waals surface area contributed by atoms with Gasteiger partial charge in [0.15, 0.2) is 12.4 Å². The van der Waals surface area contributed by atoms with Gasteiger partial charge >= 0.3 is 11.9 Å². The molecule has 0 spiro atoms. The second kappa shape index (κ2) is 14.4. The highest BCUT2D eigenvalue weighted by Crippen LogP contribution is 2.30. The molecule has 3 amide bonds. The number of ketones is 1. The first-order valence-corrected chi connectivity index (χ1v) is 15.6. The number of Topliss-reactive ketones (excluding diaryl/α,β-unsaturated/α-hetero) is 1. The molecular weight excluding hydrogens is 602 g/mol. The van der Waals surface area contributed by atoms with Gasteiger partial charge in [0, 0.05) is 11.6 Å². The van der Waals surface area contributed by atoms with E-state index in [-0.39, 0.29) is 18.9 Å². The summed E-state index contributed by atoms with van der Waals surface area (Å²) in [4.78, 5) is 79.7. The van der Waals surface area contributed by atoms with Gasteiger partial charge < -0.3 is 25.4 Å². The number of carbonyl (C=O) groups excluding carboxylic acids is 5. The fraction of sp³-hybridized carbons (Fsp3) is 0.333. The topological polar surface area (TPSA) is 159 Å². The Balaban J connectivity index is 1.28. The van der Waals surface area contributed by atoms with Crippen LogP contribution in [0.25, 0.3) is 10.8 Å². The average molecular weight is 640 g/mol. The number of nitrogens with one attached hydrogen (secondary N) is 2. The van der Waals surface area contributed by atoms with Crippen molar-refractivity contribution in [2.45, 2.75) is 70.1 Å². The molecule has 3 aromatic carbocycles. The molecule has 0 radical (unpaired) electrons. The van der Waals surface area contributed by atoms with Gasteiger partial charge in [0.25, 0.3) is 5.91 Å². The predicted molar refractivity (Wildman–Crippen MR) is 173 cm³/mol. The van der Waals surface area contributed by atoms with Crippen LogP contribution >= 0.6 is 0 Å². The third-order valence-electron chi connectivity index (χ3n) is 8.74. The first-order chi connectivity index (χ1) is 22.5. The number of carboxylic acids is 1. The zero-order chi connectivity index (χ0) is 33.7. The summed E-state index contributed by atoms with van der Waals surface area (Å²) in [7, 11) is 0. The van der Waals surface area contributed by atoms with E-state index in [4.69, 9.17) is 4.74 Å². The van der Waals surface area contributed by atoms with Crippen LogP contribution in [0.1, 0.15) is 63.9 Å². The van der Waals surface area contributed by atoms with Crippen molar-refractivity contribution in [2.24, 2.45) is 0 Å². The van der Waals surface area contributed by atoms with Gasteiger partial charge in [-0.15, -0.1) is 0 Å². The van der Waals surface area contributed by atoms with E-state index in [0.717, 1.165) is 10.8 Å². The maximum Gasteiger partial charge on any atom is 0.339 e. The molecule has 0 aromatic heterocycles. The average Bonchev–Trinajstić information content (AvgIpc) is 3.46. The number of rotatable bonds is 10. The quantitative estimate of drug-likeness (QED) is 0.224. The Kier molecular flexibility index (Phi) is 10.1. The maximum absolute atomic E-state index is 13.9. The number of amides is 3. The van der Waals surface area contributed by atoms with Crippen molar-refractivity contribution in [3.05, 3.63) is 95.1 Å². The number of fused-ring (bicyclic) bond motifs is 2. The van der Waals surface area contributed by atoms with Crippen LogP contribution in [0.3, 0.4) is 0 Å². The van der Waals surface area contributed by atoms with Crippen LogP contribution in [0, 0.1) is 13.8 Å². The Labute approximate surface area is 272 Å². The monoisotopic (exact) mass is 639 g/mol. The summed E-state index contributed by atoms with van der Waals surface area (Å²) in [5.41, 5.74) is 2.02.